The molecule has 2 N–H and O–H groups in total. The van der Waals surface area contributed by atoms with Crippen molar-refractivity contribution in [2.75, 3.05) is 7.05 Å². The van der Waals surface area contributed by atoms with Crippen LogP contribution in [0.2, 0.25) is 0 Å². The first-order valence-corrected chi connectivity index (χ1v) is 8.14. The van der Waals surface area contributed by atoms with Crippen LogP contribution in [0, 0.1) is 0 Å². The zero-order valence-corrected chi connectivity index (χ0v) is 12.1. The van der Waals surface area contributed by atoms with Crippen molar-refractivity contribution < 1.29 is 8.42 Å². The van der Waals surface area contributed by atoms with E-state index in [2.05, 4.69) is 10.0 Å². The number of hydrogen-bond acceptors (Lipinski definition) is 4. The maximum absolute atomic E-state index is 12.1. The van der Waals surface area contributed by atoms with E-state index in [9.17, 15) is 8.42 Å². The lowest BCUT2D eigenvalue weighted by Crippen LogP contribution is -2.33. The van der Waals surface area contributed by atoms with Gasteiger partial charge in [0.15, 0.2) is 0 Å². The predicted octanol–water partition coefficient (Wildman–Crippen LogP) is 1.93. The lowest BCUT2D eigenvalue weighted by molar-refractivity contribution is 0.531. The number of rotatable bonds is 7. The molecule has 0 aliphatic heterocycles. The van der Waals surface area contributed by atoms with Crippen molar-refractivity contribution in [2.24, 2.45) is 0 Å². The molecule has 0 unspecified atom stereocenters. The van der Waals surface area contributed by atoms with Gasteiger partial charge < -0.3 is 5.32 Å². The van der Waals surface area contributed by atoms with Crippen LogP contribution in [-0.2, 0) is 16.6 Å². The van der Waals surface area contributed by atoms with Crippen LogP contribution in [-0.4, -0.2) is 21.5 Å². The van der Waals surface area contributed by atoms with Gasteiger partial charge in [0.1, 0.15) is 4.21 Å². The molecule has 0 amide bonds. The van der Waals surface area contributed by atoms with Crippen molar-refractivity contribution in [2.45, 2.75) is 43.5 Å². The molecule has 0 bridgehead atoms. The van der Waals surface area contributed by atoms with Crippen LogP contribution < -0.4 is 10.0 Å². The van der Waals surface area contributed by atoms with E-state index in [4.69, 9.17) is 0 Å². The molecule has 0 saturated heterocycles. The summed E-state index contributed by atoms with van der Waals surface area (Å²) in [5, 5.41) is 4.88. The van der Waals surface area contributed by atoms with E-state index >= 15 is 0 Å². The van der Waals surface area contributed by atoms with E-state index in [0.717, 1.165) is 18.4 Å². The molecule has 1 rings (SSSR count). The maximum Gasteiger partial charge on any atom is 0.250 e. The Morgan fingerprint density at radius 3 is 2.53 bits per heavy atom. The topological polar surface area (TPSA) is 58.2 Å². The van der Waals surface area contributed by atoms with Crippen molar-refractivity contribution in [3.8, 4) is 0 Å². The van der Waals surface area contributed by atoms with E-state index in [1.54, 1.807) is 6.07 Å². The van der Waals surface area contributed by atoms with Crippen LogP contribution in [0.4, 0.5) is 0 Å². The molecule has 98 valence electrons. The fraction of sp³-hybridized carbons (Fsp3) is 0.636. The predicted molar refractivity (Wildman–Crippen MR) is 71.8 cm³/mol. The van der Waals surface area contributed by atoms with E-state index in [1.807, 2.05) is 26.3 Å². The Morgan fingerprint density at radius 1 is 1.35 bits per heavy atom. The molecule has 0 radical (unpaired) electrons. The molecule has 1 heterocycles. The van der Waals surface area contributed by atoms with E-state index < -0.39 is 10.0 Å². The summed E-state index contributed by atoms with van der Waals surface area (Å²) in [6.45, 7) is 4.66. The third-order valence-electron chi connectivity index (χ3n) is 2.58. The molecule has 0 spiro atoms. The smallest absolute Gasteiger partial charge is 0.250 e. The van der Waals surface area contributed by atoms with Gasteiger partial charge in [0.05, 0.1) is 0 Å². The van der Waals surface area contributed by atoms with Gasteiger partial charge in [-0.05, 0) is 36.9 Å². The van der Waals surface area contributed by atoms with Gasteiger partial charge >= 0.3 is 0 Å². The molecule has 0 saturated carbocycles. The highest BCUT2D eigenvalue weighted by Gasteiger charge is 2.19. The Hall–Kier alpha value is -0.430. The zero-order valence-electron chi connectivity index (χ0n) is 10.5. The summed E-state index contributed by atoms with van der Waals surface area (Å²) in [6, 6.07) is 1.75. The Morgan fingerprint density at radius 2 is 2.00 bits per heavy atom. The number of thiophene rings is 1. The normalized spacial score (nSPS) is 12.2. The summed E-state index contributed by atoms with van der Waals surface area (Å²) < 4.78 is 27.2. The minimum Gasteiger partial charge on any atom is -0.316 e. The van der Waals surface area contributed by atoms with Gasteiger partial charge in [0.2, 0.25) is 10.0 Å². The van der Waals surface area contributed by atoms with Crippen molar-refractivity contribution in [3.05, 3.63) is 17.0 Å². The van der Waals surface area contributed by atoms with Crippen LogP contribution in [0.15, 0.2) is 15.7 Å². The standard InChI is InChI=1S/C11H20N2O2S2/c1-4-10(5-2)13-17(14,15)11-6-9(7-12-3)8-16-11/h6,8,10,12-13H,4-5,7H2,1-3H3. The second kappa shape index (κ2) is 6.49. The fourth-order valence-corrected chi connectivity index (χ4v) is 4.15. The monoisotopic (exact) mass is 276 g/mol. The van der Waals surface area contributed by atoms with Crippen molar-refractivity contribution in [1.29, 1.82) is 0 Å². The lowest BCUT2D eigenvalue weighted by Gasteiger charge is -2.13. The van der Waals surface area contributed by atoms with Crippen molar-refractivity contribution in [3.63, 3.8) is 0 Å². The molecule has 0 atom stereocenters. The van der Waals surface area contributed by atoms with Crippen LogP contribution in [0.3, 0.4) is 0 Å². The second-order valence-electron chi connectivity index (χ2n) is 3.94. The Balaban J connectivity index is 2.81. The van der Waals surface area contributed by atoms with Crippen LogP contribution >= 0.6 is 11.3 Å². The maximum atomic E-state index is 12.1. The van der Waals surface area contributed by atoms with Gasteiger partial charge in [-0.2, -0.15) is 0 Å². The molecular weight excluding hydrogens is 256 g/mol. The average Bonchev–Trinajstić information content (AvgIpc) is 2.76. The molecule has 0 aliphatic carbocycles. The number of sulfonamides is 1. The quantitative estimate of drug-likeness (QED) is 0.800. The van der Waals surface area contributed by atoms with Gasteiger partial charge in [-0.25, -0.2) is 13.1 Å². The molecule has 1 aromatic rings. The molecule has 17 heavy (non-hydrogen) atoms. The Kier molecular flexibility index (Phi) is 5.58. The zero-order chi connectivity index (χ0) is 12.9. The van der Waals surface area contributed by atoms with E-state index in [0.29, 0.717) is 10.8 Å². The summed E-state index contributed by atoms with van der Waals surface area (Å²) in [6.07, 6.45) is 1.62. The number of hydrogen-bond donors (Lipinski definition) is 2. The van der Waals surface area contributed by atoms with Crippen LogP contribution in [0.25, 0.3) is 0 Å². The molecule has 1 aromatic heterocycles. The van der Waals surface area contributed by atoms with Gasteiger partial charge in [-0.15, -0.1) is 11.3 Å². The average molecular weight is 276 g/mol. The minimum absolute atomic E-state index is 0.0230. The van der Waals surface area contributed by atoms with Gasteiger partial charge in [-0.1, -0.05) is 13.8 Å². The first kappa shape index (κ1) is 14.6. The number of nitrogens with one attached hydrogen (secondary N) is 2. The van der Waals surface area contributed by atoms with Crippen LogP contribution in [0.5, 0.6) is 0 Å². The minimum atomic E-state index is -3.34. The Bertz CT molecular complexity index is 436. The van der Waals surface area contributed by atoms with Crippen molar-refractivity contribution >= 4 is 21.4 Å². The highest BCUT2D eigenvalue weighted by Crippen LogP contribution is 2.20. The summed E-state index contributed by atoms with van der Waals surface area (Å²) in [4.78, 5) is 0. The summed E-state index contributed by atoms with van der Waals surface area (Å²) >= 11 is 1.27. The van der Waals surface area contributed by atoms with Crippen molar-refractivity contribution in [1.82, 2.24) is 10.0 Å². The first-order chi connectivity index (χ1) is 8.03. The van der Waals surface area contributed by atoms with Gasteiger partial charge in [-0.3, -0.25) is 0 Å². The summed E-state index contributed by atoms with van der Waals surface area (Å²) in [5.41, 5.74) is 1.00. The first-order valence-electron chi connectivity index (χ1n) is 5.77. The van der Waals surface area contributed by atoms with Gasteiger partial charge in [0, 0.05) is 12.6 Å². The molecule has 6 heteroatoms. The Labute approximate surface area is 107 Å². The molecule has 0 aliphatic rings. The third-order valence-corrected chi connectivity index (χ3v) is 5.59. The highest BCUT2D eigenvalue weighted by atomic mass is 32.2. The molecular formula is C11H20N2O2S2. The lowest BCUT2D eigenvalue weighted by atomic mass is 10.2. The third kappa shape index (κ3) is 4.06. The van der Waals surface area contributed by atoms with E-state index in [1.165, 1.54) is 11.3 Å². The van der Waals surface area contributed by atoms with E-state index in [-0.39, 0.29) is 6.04 Å². The molecule has 4 nitrogen and oxygen atoms in total. The van der Waals surface area contributed by atoms with Crippen LogP contribution in [0.1, 0.15) is 32.3 Å². The van der Waals surface area contributed by atoms with Gasteiger partial charge in [0.25, 0.3) is 0 Å². The summed E-state index contributed by atoms with van der Waals surface area (Å²) in [7, 11) is -1.50. The molecule has 0 fully saturated rings. The molecule has 0 aromatic carbocycles. The summed E-state index contributed by atoms with van der Waals surface area (Å²) in [5.74, 6) is 0. The highest BCUT2D eigenvalue weighted by molar-refractivity contribution is 7.91. The SMILES string of the molecule is CCC(CC)NS(=O)(=O)c1cc(CNC)cs1. The second-order valence-corrected chi connectivity index (χ2v) is 6.79. The fourth-order valence-electron chi connectivity index (χ4n) is 1.52. The largest absolute Gasteiger partial charge is 0.316 e.